The summed E-state index contributed by atoms with van der Waals surface area (Å²) in [6.07, 6.45) is -6.16. The number of aliphatic hydroxyl groups excluding tert-OH is 1. The number of hydrogen-bond donors (Lipinski definition) is 2. The number of alkyl halides is 3. The number of nitriles is 2. The smallest absolute Gasteiger partial charge is 0.416 e. The van der Waals surface area contributed by atoms with E-state index in [1.165, 1.54) is 6.07 Å². The molecule has 3 atom stereocenters. The first kappa shape index (κ1) is 24.7. The van der Waals surface area contributed by atoms with Gasteiger partial charge in [-0.15, -0.1) is 4.31 Å². The number of nitrogens with zero attached hydrogens (tertiary/aromatic N) is 3. The van der Waals surface area contributed by atoms with E-state index in [0.717, 1.165) is 10.4 Å². The van der Waals surface area contributed by atoms with Crippen molar-refractivity contribution in [2.24, 2.45) is 0 Å². The molecule has 0 saturated carbocycles. The SMILES string of the molecule is N#Cc1cc(F)c(O[C@H]2CN([S+]([O-])c3ccc(C(F)(F)F)cc3C#N)CC2(O)CO)cc1F. The number of β-amino-alcohol motifs (C(OH)–C–C–N with tert-alkyl or cyclic N) is 1. The average Bonchev–Trinajstić information content (AvgIpc) is 3.11. The number of halogens is 5. The lowest BCUT2D eigenvalue weighted by Crippen LogP contribution is -2.48. The van der Waals surface area contributed by atoms with Crippen LogP contribution in [-0.2, 0) is 17.5 Å². The second-order valence-corrected chi connectivity index (χ2v) is 8.59. The molecule has 0 spiro atoms. The number of ether oxygens (including phenoxy) is 1. The van der Waals surface area contributed by atoms with Gasteiger partial charge in [-0.05, 0) is 24.3 Å². The Hall–Kier alpha value is -2.94. The van der Waals surface area contributed by atoms with Crippen LogP contribution in [0.3, 0.4) is 0 Å². The fourth-order valence-electron chi connectivity index (χ4n) is 3.19. The standard InChI is InChI=1S/C20H14F5N3O4S/c21-14-5-16(15(22)4-11(14)6-26)32-18-8-28(9-19(18,30)10-29)33(31)17-2-1-13(20(23,24)25)3-12(17)7-27/h1-5,18,29-30H,8-10H2/t18-,19?,33?/m0/s1. The summed E-state index contributed by atoms with van der Waals surface area (Å²) >= 11 is -2.27. The van der Waals surface area contributed by atoms with E-state index >= 15 is 0 Å². The highest BCUT2D eigenvalue weighted by atomic mass is 32.2. The highest BCUT2D eigenvalue weighted by Gasteiger charge is 2.52. The van der Waals surface area contributed by atoms with Crippen LogP contribution in [-0.4, -0.2) is 50.5 Å². The molecule has 0 aliphatic carbocycles. The second kappa shape index (κ2) is 9.13. The van der Waals surface area contributed by atoms with Gasteiger partial charge < -0.3 is 19.5 Å². The Labute approximate surface area is 187 Å². The van der Waals surface area contributed by atoms with Gasteiger partial charge in [0.05, 0.1) is 42.2 Å². The molecule has 174 valence electrons. The maximum atomic E-state index is 14.2. The van der Waals surface area contributed by atoms with Crippen molar-refractivity contribution in [1.82, 2.24) is 4.31 Å². The van der Waals surface area contributed by atoms with Crippen LogP contribution in [0.25, 0.3) is 0 Å². The zero-order valence-electron chi connectivity index (χ0n) is 16.4. The van der Waals surface area contributed by atoms with E-state index in [2.05, 4.69) is 0 Å². The van der Waals surface area contributed by atoms with Gasteiger partial charge in [-0.1, -0.05) is 0 Å². The van der Waals surface area contributed by atoms with Crippen LogP contribution < -0.4 is 4.74 Å². The van der Waals surface area contributed by atoms with Crippen molar-refractivity contribution in [3.63, 3.8) is 0 Å². The van der Waals surface area contributed by atoms with Gasteiger partial charge in [0, 0.05) is 6.07 Å². The molecule has 7 nitrogen and oxygen atoms in total. The highest BCUT2D eigenvalue weighted by molar-refractivity contribution is 7.89. The lowest BCUT2D eigenvalue weighted by atomic mass is 10.0. The summed E-state index contributed by atoms with van der Waals surface area (Å²) in [7, 11) is 0. The van der Waals surface area contributed by atoms with Crippen LogP contribution in [0.1, 0.15) is 16.7 Å². The maximum absolute atomic E-state index is 14.2. The predicted molar refractivity (Wildman–Crippen MR) is 102 cm³/mol. The predicted octanol–water partition coefficient (Wildman–Crippen LogP) is 2.24. The number of hydrogen-bond acceptors (Lipinski definition) is 7. The number of rotatable bonds is 5. The Balaban J connectivity index is 1.88. The molecule has 33 heavy (non-hydrogen) atoms. The molecule has 1 aliphatic rings. The van der Waals surface area contributed by atoms with Gasteiger partial charge in [0.2, 0.25) is 0 Å². The lowest BCUT2D eigenvalue weighted by Gasteiger charge is -2.26. The summed E-state index contributed by atoms with van der Waals surface area (Å²) in [5.74, 6) is -2.89. The lowest BCUT2D eigenvalue weighted by molar-refractivity contribution is -0.137. The third-order valence-electron chi connectivity index (χ3n) is 4.95. The van der Waals surface area contributed by atoms with Crippen molar-refractivity contribution in [2.75, 3.05) is 19.7 Å². The van der Waals surface area contributed by atoms with Crippen molar-refractivity contribution in [1.29, 1.82) is 10.5 Å². The van der Waals surface area contributed by atoms with Crippen molar-refractivity contribution in [3.05, 3.63) is 58.7 Å². The van der Waals surface area contributed by atoms with Gasteiger partial charge >= 0.3 is 6.18 Å². The Bertz CT molecular complexity index is 1150. The highest BCUT2D eigenvalue weighted by Crippen LogP contribution is 2.35. The topological polar surface area (TPSA) is 124 Å². The molecule has 0 aromatic heterocycles. The summed E-state index contributed by atoms with van der Waals surface area (Å²) in [5.41, 5.74) is -4.32. The molecule has 1 heterocycles. The summed E-state index contributed by atoms with van der Waals surface area (Å²) in [4.78, 5) is -0.276. The summed E-state index contributed by atoms with van der Waals surface area (Å²) in [5, 5.41) is 38.3. The molecule has 0 amide bonds. The van der Waals surface area contributed by atoms with E-state index < -0.39 is 83.0 Å². The van der Waals surface area contributed by atoms with Crippen molar-refractivity contribution < 1.29 is 41.5 Å². The molecule has 13 heteroatoms. The molecule has 0 bridgehead atoms. The molecule has 2 aromatic carbocycles. The van der Waals surface area contributed by atoms with Gasteiger partial charge in [0.25, 0.3) is 0 Å². The van der Waals surface area contributed by atoms with Crippen LogP contribution in [0.4, 0.5) is 22.0 Å². The Morgan fingerprint density at radius 1 is 1.15 bits per heavy atom. The van der Waals surface area contributed by atoms with E-state index in [1.807, 2.05) is 0 Å². The fraction of sp³-hybridized carbons (Fsp3) is 0.300. The monoisotopic (exact) mass is 487 g/mol. The van der Waals surface area contributed by atoms with E-state index in [4.69, 9.17) is 10.00 Å². The van der Waals surface area contributed by atoms with Crippen LogP contribution in [0.5, 0.6) is 5.75 Å². The Morgan fingerprint density at radius 2 is 1.82 bits per heavy atom. The molecule has 2 N–H and O–H groups in total. The zero-order chi connectivity index (χ0) is 24.6. The average molecular weight is 487 g/mol. The van der Waals surface area contributed by atoms with Crippen molar-refractivity contribution in [3.8, 4) is 17.9 Å². The minimum absolute atomic E-state index is 0.276. The molecule has 3 rings (SSSR count). The van der Waals surface area contributed by atoms with Gasteiger partial charge in [0.1, 0.15) is 35.2 Å². The van der Waals surface area contributed by atoms with E-state index in [-0.39, 0.29) is 4.90 Å². The molecule has 1 aliphatic heterocycles. The first-order valence-corrected chi connectivity index (χ1v) is 10.2. The van der Waals surface area contributed by atoms with Gasteiger partial charge in [-0.25, -0.2) is 8.78 Å². The summed E-state index contributed by atoms with van der Waals surface area (Å²) < 4.78 is 86.1. The minimum atomic E-state index is -4.73. The summed E-state index contributed by atoms with van der Waals surface area (Å²) in [6, 6.07) is 6.18. The number of aliphatic hydroxyl groups is 2. The van der Waals surface area contributed by atoms with Crippen LogP contribution >= 0.6 is 0 Å². The molecule has 2 aromatic rings. The summed E-state index contributed by atoms with van der Waals surface area (Å²) in [6.45, 7) is -1.88. The van der Waals surface area contributed by atoms with E-state index in [1.54, 1.807) is 6.07 Å². The van der Waals surface area contributed by atoms with Gasteiger partial charge in [-0.2, -0.15) is 23.7 Å². The first-order chi connectivity index (χ1) is 15.4. The number of benzene rings is 2. The minimum Gasteiger partial charge on any atom is -0.593 e. The molecule has 2 unspecified atom stereocenters. The largest absolute Gasteiger partial charge is 0.593 e. The van der Waals surface area contributed by atoms with Gasteiger partial charge in [-0.3, -0.25) is 0 Å². The third kappa shape index (κ3) is 4.88. The first-order valence-electron chi connectivity index (χ1n) is 9.10. The molecular formula is C20H14F5N3O4S. The van der Waals surface area contributed by atoms with Crippen molar-refractivity contribution >= 4 is 11.4 Å². The Morgan fingerprint density at radius 3 is 2.39 bits per heavy atom. The van der Waals surface area contributed by atoms with E-state index in [0.29, 0.717) is 24.3 Å². The molecule has 1 saturated heterocycles. The third-order valence-corrected chi connectivity index (χ3v) is 6.43. The van der Waals surface area contributed by atoms with Crippen LogP contribution in [0, 0.1) is 34.3 Å². The fourth-order valence-corrected chi connectivity index (χ4v) is 4.56. The Kier molecular flexibility index (Phi) is 6.83. The second-order valence-electron chi connectivity index (χ2n) is 7.13. The molecule has 0 radical (unpaired) electrons. The van der Waals surface area contributed by atoms with E-state index in [9.17, 15) is 42.0 Å². The van der Waals surface area contributed by atoms with Crippen LogP contribution in [0.15, 0.2) is 35.2 Å². The van der Waals surface area contributed by atoms with Crippen molar-refractivity contribution in [2.45, 2.75) is 22.8 Å². The van der Waals surface area contributed by atoms with Crippen LogP contribution in [0.2, 0.25) is 0 Å². The molecule has 1 fully saturated rings. The maximum Gasteiger partial charge on any atom is 0.416 e. The quantitative estimate of drug-likeness (QED) is 0.490. The normalized spacial score (nSPS) is 21.9. The van der Waals surface area contributed by atoms with Gasteiger partial charge in [0.15, 0.2) is 16.5 Å². The zero-order valence-corrected chi connectivity index (χ0v) is 17.3. The molecular weight excluding hydrogens is 473 g/mol.